The molecule has 166 valence electrons. The Balaban J connectivity index is 2.33. The van der Waals surface area contributed by atoms with Crippen LogP contribution in [0.4, 0.5) is 24.5 Å². The molecule has 2 N–H and O–H groups in total. The quantitative estimate of drug-likeness (QED) is 0.424. The summed E-state index contributed by atoms with van der Waals surface area (Å²) in [5.74, 6) is 0.0813. The normalized spacial score (nSPS) is 12.4. The van der Waals surface area contributed by atoms with E-state index < -0.39 is 26.7 Å². The second-order valence-corrected chi connectivity index (χ2v) is 9.06. The molecular formula is C20H25ClF3N3O2S. The van der Waals surface area contributed by atoms with Gasteiger partial charge in [0.05, 0.1) is 16.1 Å². The third-order valence-corrected chi connectivity index (χ3v) is 6.35. The van der Waals surface area contributed by atoms with E-state index in [0.29, 0.717) is 5.69 Å². The van der Waals surface area contributed by atoms with Crippen LogP contribution in [0.1, 0.15) is 45.1 Å². The molecule has 1 aromatic carbocycles. The maximum Gasteiger partial charge on any atom is 0.417 e. The predicted octanol–water partition coefficient (Wildman–Crippen LogP) is 5.99. The number of hydrogen-bond donors (Lipinski definition) is 2. The molecule has 0 aliphatic rings. The number of benzene rings is 1. The van der Waals surface area contributed by atoms with Crippen LogP contribution in [0.15, 0.2) is 41.4 Å². The number of nitrogens with one attached hydrogen (secondary N) is 2. The molecule has 0 atom stereocenters. The summed E-state index contributed by atoms with van der Waals surface area (Å²) in [6, 6.07) is 6.10. The molecule has 30 heavy (non-hydrogen) atoms. The molecule has 0 saturated carbocycles. The van der Waals surface area contributed by atoms with Crippen molar-refractivity contribution >= 4 is 33.0 Å². The van der Waals surface area contributed by atoms with Crippen molar-refractivity contribution in [2.75, 3.05) is 11.9 Å². The van der Waals surface area contributed by atoms with Gasteiger partial charge in [0.2, 0.25) is 10.0 Å². The highest BCUT2D eigenvalue weighted by atomic mass is 35.5. The minimum atomic E-state index is -4.85. The summed E-state index contributed by atoms with van der Waals surface area (Å²) >= 11 is 5.93. The second-order valence-electron chi connectivity index (χ2n) is 6.97. The van der Waals surface area contributed by atoms with Crippen molar-refractivity contribution < 1.29 is 21.6 Å². The SMILES string of the molecule is CCCC(CCC)CNS(=O)(=O)c1ccc(Nc2cccnc2Cl)cc1C(F)(F)F. The summed E-state index contributed by atoms with van der Waals surface area (Å²) in [6.07, 6.45) is -0.0591. The molecule has 1 aromatic heterocycles. The molecule has 0 unspecified atom stereocenters. The van der Waals surface area contributed by atoms with Gasteiger partial charge < -0.3 is 5.32 Å². The van der Waals surface area contributed by atoms with Gasteiger partial charge in [0.15, 0.2) is 5.15 Å². The lowest BCUT2D eigenvalue weighted by Gasteiger charge is -2.19. The number of anilines is 2. The van der Waals surface area contributed by atoms with Crippen LogP contribution in [0, 0.1) is 5.92 Å². The van der Waals surface area contributed by atoms with Gasteiger partial charge in [-0.3, -0.25) is 0 Å². The molecule has 2 rings (SSSR count). The average Bonchev–Trinajstić information content (AvgIpc) is 2.67. The van der Waals surface area contributed by atoms with Crippen LogP contribution >= 0.6 is 11.6 Å². The fourth-order valence-electron chi connectivity index (χ4n) is 3.17. The molecule has 0 saturated heterocycles. The number of aromatic nitrogens is 1. The van der Waals surface area contributed by atoms with E-state index in [4.69, 9.17) is 11.6 Å². The molecule has 5 nitrogen and oxygen atoms in total. The van der Waals surface area contributed by atoms with Crippen molar-refractivity contribution in [3.63, 3.8) is 0 Å². The van der Waals surface area contributed by atoms with E-state index in [1.54, 1.807) is 12.1 Å². The zero-order valence-corrected chi connectivity index (χ0v) is 18.3. The van der Waals surface area contributed by atoms with Gasteiger partial charge >= 0.3 is 6.18 Å². The number of alkyl halides is 3. The number of halogens is 4. The molecule has 0 bridgehead atoms. The summed E-state index contributed by atoms with van der Waals surface area (Å²) in [7, 11) is -4.34. The van der Waals surface area contributed by atoms with Gasteiger partial charge in [0, 0.05) is 18.4 Å². The third kappa shape index (κ3) is 6.58. The minimum Gasteiger partial charge on any atom is -0.353 e. The monoisotopic (exact) mass is 463 g/mol. The standard InChI is InChI=1S/C20H25ClF3N3O2S/c1-3-6-14(7-4-2)13-26-30(28,29)18-10-9-15(12-16(18)20(22,23)24)27-17-8-5-11-25-19(17)21/h5,8-12,14,26-27H,3-4,6-7,13H2,1-2H3. The molecule has 0 aliphatic heterocycles. The Hall–Kier alpha value is -1.84. The van der Waals surface area contributed by atoms with E-state index in [9.17, 15) is 21.6 Å². The van der Waals surface area contributed by atoms with Gasteiger partial charge in [-0.2, -0.15) is 13.2 Å². The summed E-state index contributed by atoms with van der Waals surface area (Å²) in [5, 5.41) is 2.82. The van der Waals surface area contributed by atoms with Gasteiger partial charge in [0.25, 0.3) is 0 Å². The molecule has 2 aromatic rings. The van der Waals surface area contributed by atoms with E-state index in [2.05, 4.69) is 15.0 Å². The van der Waals surface area contributed by atoms with E-state index in [1.165, 1.54) is 12.3 Å². The lowest BCUT2D eigenvalue weighted by Crippen LogP contribution is -2.31. The zero-order valence-electron chi connectivity index (χ0n) is 16.8. The van der Waals surface area contributed by atoms with Crippen LogP contribution in [0.2, 0.25) is 5.15 Å². The highest BCUT2D eigenvalue weighted by Gasteiger charge is 2.37. The molecule has 10 heteroatoms. The van der Waals surface area contributed by atoms with Crippen LogP contribution in [-0.4, -0.2) is 19.9 Å². The van der Waals surface area contributed by atoms with E-state index in [1.807, 2.05) is 13.8 Å². The Morgan fingerprint density at radius 2 is 1.80 bits per heavy atom. The lowest BCUT2D eigenvalue weighted by atomic mass is 9.99. The third-order valence-electron chi connectivity index (χ3n) is 4.57. The Morgan fingerprint density at radius 1 is 1.13 bits per heavy atom. The van der Waals surface area contributed by atoms with Gasteiger partial charge in [0.1, 0.15) is 0 Å². The van der Waals surface area contributed by atoms with E-state index >= 15 is 0 Å². The van der Waals surface area contributed by atoms with Gasteiger partial charge in [-0.05, 0) is 49.1 Å². The lowest BCUT2D eigenvalue weighted by molar-refractivity contribution is -0.139. The maximum atomic E-state index is 13.7. The van der Waals surface area contributed by atoms with Crippen LogP contribution in [-0.2, 0) is 16.2 Å². The Kier molecular flexibility index (Phi) is 8.52. The highest BCUT2D eigenvalue weighted by molar-refractivity contribution is 7.89. The van der Waals surface area contributed by atoms with Gasteiger partial charge in [-0.25, -0.2) is 18.1 Å². The highest BCUT2D eigenvalue weighted by Crippen LogP contribution is 2.37. The largest absolute Gasteiger partial charge is 0.417 e. The fourth-order valence-corrected chi connectivity index (χ4v) is 4.66. The van der Waals surface area contributed by atoms with Crippen LogP contribution in [0.25, 0.3) is 0 Å². The Bertz CT molecular complexity index is 947. The van der Waals surface area contributed by atoms with Crippen molar-refractivity contribution in [2.45, 2.75) is 50.6 Å². The summed E-state index contributed by atoms with van der Waals surface area (Å²) < 4.78 is 68.7. The second kappa shape index (κ2) is 10.5. The molecule has 0 amide bonds. The molecule has 0 aliphatic carbocycles. The number of sulfonamides is 1. The van der Waals surface area contributed by atoms with E-state index in [0.717, 1.165) is 37.8 Å². The van der Waals surface area contributed by atoms with Crippen molar-refractivity contribution in [1.82, 2.24) is 9.71 Å². The summed E-state index contributed by atoms with van der Waals surface area (Å²) in [5.41, 5.74) is -0.892. The number of nitrogens with zero attached hydrogens (tertiary/aromatic N) is 1. The first-order valence-electron chi connectivity index (χ1n) is 9.67. The molecular weight excluding hydrogens is 439 g/mol. The van der Waals surface area contributed by atoms with Crippen LogP contribution < -0.4 is 10.0 Å². The Labute approximate surface area is 180 Å². The predicted molar refractivity (Wildman–Crippen MR) is 112 cm³/mol. The van der Waals surface area contributed by atoms with Crippen LogP contribution in [0.5, 0.6) is 0 Å². The number of pyridine rings is 1. The smallest absolute Gasteiger partial charge is 0.353 e. The maximum absolute atomic E-state index is 13.7. The zero-order chi connectivity index (χ0) is 22.4. The van der Waals surface area contributed by atoms with Crippen LogP contribution in [0.3, 0.4) is 0 Å². The van der Waals surface area contributed by atoms with Gasteiger partial charge in [-0.1, -0.05) is 38.3 Å². The molecule has 0 fully saturated rings. The van der Waals surface area contributed by atoms with E-state index in [-0.39, 0.29) is 23.3 Å². The minimum absolute atomic E-state index is 0.0472. The van der Waals surface area contributed by atoms with Crippen molar-refractivity contribution in [1.29, 1.82) is 0 Å². The molecule has 0 radical (unpaired) electrons. The average molecular weight is 464 g/mol. The molecule has 1 heterocycles. The van der Waals surface area contributed by atoms with Crippen molar-refractivity contribution in [2.24, 2.45) is 5.92 Å². The first-order valence-corrected chi connectivity index (χ1v) is 11.5. The topological polar surface area (TPSA) is 71.1 Å². The van der Waals surface area contributed by atoms with Crippen molar-refractivity contribution in [3.8, 4) is 0 Å². The summed E-state index contributed by atoms with van der Waals surface area (Å²) in [6.45, 7) is 4.07. The van der Waals surface area contributed by atoms with Gasteiger partial charge in [-0.15, -0.1) is 0 Å². The first-order chi connectivity index (χ1) is 14.1. The number of hydrogen-bond acceptors (Lipinski definition) is 4. The fraction of sp³-hybridized carbons (Fsp3) is 0.450. The molecule has 0 spiro atoms. The number of rotatable bonds is 10. The first kappa shape index (κ1) is 24.4. The summed E-state index contributed by atoms with van der Waals surface area (Å²) in [4.78, 5) is 3.05. The van der Waals surface area contributed by atoms with Crippen molar-refractivity contribution in [3.05, 3.63) is 47.2 Å². The Morgan fingerprint density at radius 3 is 2.37 bits per heavy atom.